The van der Waals surface area contributed by atoms with E-state index in [0.717, 1.165) is 10.1 Å². The average molecular weight is 401 g/mol. The molecule has 2 aromatic rings. The van der Waals surface area contributed by atoms with Crippen molar-refractivity contribution in [2.24, 2.45) is 0 Å². The topological polar surface area (TPSA) is 112 Å². The van der Waals surface area contributed by atoms with E-state index in [1.807, 2.05) is 36.9 Å². The summed E-state index contributed by atoms with van der Waals surface area (Å²) in [5, 5.41) is 2.74. The van der Waals surface area contributed by atoms with Gasteiger partial charge in [0.15, 0.2) is 0 Å². The van der Waals surface area contributed by atoms with Crippen LogP contribution in [0.5, 0.6) is 0 Å². The summed E-state index contributed by atoms with van der Waals surface area (Å²) in [6, 6.07) is 7.31. The van der Waals surface area contributed by atoms with Gasteiger partial charge in [0, 0.05) is 25.3 Å². The number of hydrogen-bond acceptors (Lipinski definition) is 6. The van der Waals surface area contributed by atoms with Crippen LogP contribution in [0.1, 0.15) is 18.9 Å². The Morgan fingerprint density at radius 3 is 2.59 bits per heavy atom. The lowest BCUT2D eigenvalue weighted by molar-refractivity contribution is -0.116. The Morgan fingerprint density at radius 1 is 1.21 bits per heavy atom. The van der Waals surface area contributed by atoms with Gasteiger partial charge in [0.05, 0.1) is 13.2 Å². The number of morpholine rings is 1. The third-order valence-electron chi connectivity index (χ3n) is 4.82. The van der Waals surface area contributed by atoms with Gasteiger partial charge in [-0.15, -0.1) is 0 Å². The number of carbonyl (C=O) groups is 1. The number of nitrogens with one attached hydrogen (secondary N) is 1. The maximum absolute atomic E-state index is 13.1. The number of amides is 1. The molecule has 156 valence electrons. The van der Waals surface area contributed by atoms with Gasteiger partial charge in [-0.1, -0.05) is 19.1 Å². The molecule has 0 atom stereocenters. The first-order valence-electron chi connectivity index (χ1n) is 9.74. The fourth-order valence-corrected chi connectivity index (χ4v) is 3.43. The van der Waals surface area contributed by atoms with Crippen LogP contribution >= 0.6 is 0 Å². The predicted octanol–water partition coefficient (Wildman–Crippen LogP) is 0.786. The number of aryl methyl sites for hydroxylation is 1. The van der Waals surface area contributed by atoms with E-state index in [4.69, 9.17) is 10.5 Å². The van der Waals surface area contributed by atoms with E-state index in [0.29, 0.717) is 45.0 Å². The number of nitrogens with two attached hydrogens (primary N) is 1. The van der Waals surface area contributed by atoms with E-state index < -0.39 is 17.2 Å². The fourth-order valence-electron chi connectivity index (χ4n) is 3.43. The molecule has 1 aliphatic heterocycles. The third-order valence-corrected chi connectivity index (χ3v) is 4.82. The molecule has 1 fully saturated rings. The highest BCUT2D eigenvalue weighted by atomic mass is 16.5. The number of nitrogens with zero attached hydrogens (tertiary/aromatic N) is 3. The zero-order valence-electron chi connectivity index (χ0n) is 16.8. The van der Waals surface area contributed by atoms with Crippen LogP contribution in [0.3, 0.4) is 0 Å². The number of nitrogen functional groups attached to an aromatic ring is 1. The minimum atomic E-state index is -0.578. The fraction of sp³-hybridized carbons (Fsp3) is 0.450. The molecule has 1 saturated heterocycles. The Kier molecular flexibility index (Phi) is 6.38. The Morgan fingerprint density at radius 2 is 1.93 bits per heavy atom. The molecule has 0 aliphatic carbocycles. The minimum Gasteiger partial charge on any atom is -0.383 e. The Labute approximate surface area is 168 Å². The SMILES string of the molecule is CCCn1c(N)c(N2CCOCC2)c(=O)n(CC(=O)Nc2cccc(C)c2)c1=O. The molecular weight excluding hydrogens is 374 g/mol. The van der Waals surface area contributed by atoms with E-state index in [-0.39, 0.29) is 18.1 Å². The van der Waals surface area contributed by atoms with Gasteiger partial charge in [-0.2, -0.15) is 0 Å². The maximum Gasteiger partial charge on any atom is 0.333 e. The molecule has 0 saturated carbocycles. The van der Waals surface area contributed by atoms with E-state index in [9.17, 15) is 14.4 Å². The van der Waals surface area contributed by atoms with E-state index in [1.54, 1.807) is 6.07 Å². The smallest absolute Gasteiger partial charge is 0.333 e. The first kappa shape index (κ1) is 20.7. The summed E-state index contributed by atoms with van der Waals surface area (Å²) >= 11 is 0. The molecule has 9 heteroatoms. The van der Waals surface area contributed by atoms with Gasteiger partial charge < -0.3 is 20.7 Å². The molecule has 1 aromatic carbocycles. The summed E-state index contributed by atoms with van der Waals surface area (Å²) in [5.74, 6) is -0.311. The minimum absolute atomic E-state index is 0.138. The molecule has 3 N–H and O–H groups in total. The van der Waals surface area contributed by atoms with Crippen LogP contribution in [-0.4, -0.2) is 41.3 Å². The van der Waals surface area contributed by atoms with Crippen LogP contribution < -0.4 is 27.2 Å². The van der Waals surface area contributed by atoms with Gasteiger partial charge in [0.1, 0.15) is 18.1 Å². The zero-order valence-corrected chi connectivity index (χ0v) is 16.8. The highest BCUT2D eigenvalue weighted by Crippen LogP contribution is 2.18. The molecule has 0 radical (unpaired) electrons. The highest BCUT2D eigenvalue weighted by molar-refractivity contribution is 5.90. The molecule has 1 aliphatic rings. The summed E-state index contributed by atoms with van der Waals surface area (Å²) in [4.78, 5) is 40.4. The van der Waals surface area contributed by atoms with Crippen molar-refractivity contribution in [1.29, 1.82) is 0 Å². The quantitative estimate of drug-likeness (QED) is 0.740. The number of aromatic nitrogens is 2. The van der Waals surface area contributed by atoms with Crippen molar-refractivity contribution in [3.8, 4) is 0 Å². The van der Waals surface area contributed by atoms with Gasteiger partial charge >= 0.3 is 5.69 Å². The van der Waals surface area contributed by atoms with E-state index in [2.05, 4.69) is 5.32 Å². The monoisotopic (exact) mass is 401 g/mol. The summed E-state index contributed by atoms with van der Waals surface area (Å²) < 4.78 is 7.68. The van der Waals surface area contributed by atoms with Crippen molar-refractivity contribution >= 4 is 23.1 Å². The van der Waals surface area contributed by atoms with Crippen LogP contribution in [0, 0.1) is 6.92 Å². The summed E-state index contributed by atoms with van der Waals surface area (Å²) in [7, 11) is 0. The average Bonchev–Trinajstić information content (AvgIpc) is 2.69. The van der Waals surface area contributed by atoms with Crippen molar-refractivity contribution in [3.05, 3.63) is 50.7 Å². The second-order valence-electron chi connectivity index (χ2n) is 7.08. The van der Waals surface area contributed by atoms with Crippen LogP contribution in [0.15, 0.2) is 33.9 Å². The zero-order chi connectivity index (χ0) is 21.0. The van der Waals surface area contributed by atoms with Crippen LogP contribution in [0.4, 0.5) is 17.2 Å². The standard InChI is InChI=1S/C20H27N5O4/c1-3-7-24-18(21)17(23-8-10-29-11-9-23)19(27)25(20(24)28)13-16(26)22-15-6-4-5-14(2)12-15/h4-6,12H,3,7-11,13,21H2,1-2H3,(H,22,26). The molecule has 2 heterocycles. The number of anilines is 3. The number of ether oxygens (including phenoxy) is 1. The summed E-state index contributed by atoms with van der Waals surface area (Å²) in [6.45, 7) is 5.75. The van der Waals surface area contributed by atoms with Gasteiger partial charge in [0.2, 0.25) is 5.91 Å². The second kappa shape index (κ2) is 8.95. The Bertz CT molecular complexity index is 1000. The summed E-state index contributed by atoms with van der Waals surface area (Å²) in [5.41, 5.74) is 6.94. The Hall–Kier alpha value is -3.07. The lowest BCUT2D eigenvalue weighted by Gasteiger charge is -2.30. The number of hydrogen-bond donors (Lipinski definition) is 2. The molecule has 9 nitrogen and oxygen atoms in total. The molecule has 1 amide bonds. The molecule has 0 bridgehead atoms. The van der Waals surface area contributed by atoms with Crippen molar-refractivity contribution in [2.75, 3.05) is 42.3 Å². The van der Waals surface area contributed by atoms with Crippen LogP contribution in [0.2, 0.25) is 0 Å². The highest BCUT2D eigenvalue weighted by Gasteiger charge is 2.24. The predicted molar refractivity (Wildman–Crippen MR) is 113 cm³/mol. The van der Waals surface area contributed by atoms with E-state index in [1.165, 1.54) is 4.57 Å². The van der Waals surface area contributed by atoms with Gasteiger partial charge in [-0.3, -0.25) is 14.2 Å². The molecule has 1 aromatic heterocycles. The van der Waals surface area contributed by atoms with Crippen molar-refractivity contribution in [1.82, 2.24) is 9.13 Å². The normalized spacial score (nSPS) is 14.1. The van der Waals surface area contributed by atoms with Crippen molar-refractivity contribution in [3.63, 3.8) is 0 Å². The molecule has 0 unspecified atom stereocenters. The first-order chi connectivity index (χ1) is 13.9. The van der Waals surface area contributed by atoms with Gasteiger partial charge in [0.25, 0.3) is 5.56 Å². The lowest BCUT2D eigenvalue weighted by Crippen LogP contribution is -2.48. The molecule has 29 heavy (non-hydrogen) atoms. The second-order valence-corrected chi connectivity index (χ2v) is 7.08. The third kappa shape index (κ3) is 4.51. The lowest BCUT2D eigenvalue weighted by atomic mass is 10.2. The number of rotatable bonds is 6. The summed E-state index contributed by atoms with van der Waals surface area (Å²) in [6.07, 6.45) is 0.667. The van der Waals surface area contributed by atoms with Crippen molar-refractivity contribution in [2.45, 2.75) is 33.4 Å². The Balaban J connectivity index is 1.98. The molecule has 0 spiro atoms. The van der Waals surface area contributed by atoms with Crippen LogP contribution in [-0.2, 0) is 22.6 Å². The molecule has 3 rings (SSSR count). The number of benzene rings is 1. The van der Waals surface area contributed by atoms with Crippen molar-refractivity contribution < 1.29 is 9.53 Å². The van der Waals surface area contributed by atoms with Gasteiger partial charge in [-0.25, -0.2) is 9.36 Å². The van der Waals surface area contributed by atoms with Crippen LogP contribution in [0.25, 0.3) is 0 Å². The maximum atomic E-state index is 13.1. The number of carbonyl (C=O) groups excluding carboxylic acids is 1. The largest absolute Gasteiger partial charge is 0.383 e. The van der Waals surface area contributed by atoms with E-state index >= 15 is 0 Å². The first-order valence-corrected chi connectivity index (χ1v) is 9.74. The van der Waals surface area contributed by atoms with Gasteiger partial charge in [-0.05, 0) is 31.0 Å². The molecular formula is C20H27N5O4.